The van der Waals surface area contributed by atoms with Crippen LogP contribution in [0.25, 0.3) is 0 Å². The van der Waals surface area contributed by atoms with Gasteiger partial charge in [0.05, 0.1) is 16.3 Å². The van der Waals surface area contributed by atoms with E-state index in [0.717, 1.165) is 24.3 Å². The molecule has 2 heterocycles. The van der Waals surface area contributed by atoms with Crippen LogP contribution in [0.4, 0.5) is 0 Å². The number of carbonyl (C=O) groups is 1. The van der Waals surface area contributed by atoms with Gasteiger partial charge in [-0.1, -0.05) is 11.8 Å². The van der Waals surface area contributed by atoms with Crippen LogP contribution >= 0.6 is 11.3 Å². The maximum Gasteiger partial charge on any atom is 0.263 e. The second-order valence-electron chi connectivity index (χ2n) is 4.61. The first-order valence-corrected chi connectivity index (χ1v) is 7.25. The van der Waals surface area contributed by atoms with Gasteiger partial charge in [-0.2, -0.15) is 0 Å². The van der Waals surface area contributed by atoms with E-state index < -0.39 is 0 Å². The molecule has 19 heavy (non-hydrogen) atoms. The number of thiophene rings is 1. The van der Waals surface area contributed by atoms with Gasteiger partial charge in [0.1, 0.15) is 0 Å². The number of hydrogen-bond acceptors (Lipinski definition) is 4. The van der Waals surface area contributed by atoms with Crippen LogP contribution in [0.1, 0.15) is 27.4 Å². The van der Waals surface area contributed by atoms with Gasteiger partial charge in [0.25, 0.3) is 5.91 Å². The van der Waals surface area contributed by atoms with Crippen LogP contribution in [-0.4, -0.2) is 42.2 Å². The Bertz CT molecular complexity index is 501. The standard InChI is InChI=1S/C14H18N2O2S/c15-7-1-4-12-5-6-13(19-12)14(18)16-8-2-3-11(9-16)10-17/h5-6,11,17H,2-3,7-10,15H2. The molecule has 1 atom stereocenters. The highest BCUT2D eigenvalue weighted by molar-refractivity contribution is 7.14. The number of nitrogens with zero attached hydrogens (tertiary/aromatic N) is 1. The molecule has 0 radical (unpaired) electrons. The van der Waals surface area contributed by atoms with E-state index in [-0.39, 0.29) is 18.4 Å². The molecule has 0 aromatic carbocycles. The molecule has 1 saturated heterocycles. The maximum atomic E-state index is 12.3. The van der Waals surface area contributed by atoms with E-state index in [1.165, 1.54) is 11.3 Å². The molecule has 1 amide bonds. The summed E-state index contributed by atoms with van der Waals surface area (Å²) in [6, 6.07) is 3.67. The van der Waals surface area contributed by atoms with E-state index in [1.807, 2.05) is 17.0 Å². The van der Waals surface area contributed by atoms with Gasteiger partial charge < -0.3 is 15.7 Å². The fraction of sp³-hybridized carbons (Fsp3) is 0.500. The second-order valence-corrected chi connectivity index (χ2v) is 5.70. The third kappa shape index (κ3) is 3.57. The number of amides is 1. The quantitative estimate of drug-likeness (QED) is 0.790. The first kappa shape index (κ1) is 14.1. The monoisotopic (exact) mass is 278 g/mol. The lowest BCUT2D eigenvalue weighted by atomic mass is 9.99. The average molecular weight is 278 g/mol. The van der Waals surface area contributed by atoms with Gasteiger partial charge in [-0.3, -0.25) is 4.79 Å². The molecule has 5 heteroatoms. The number of aliphatic hydroxyl groups excluding tert-OH is 1. The zero-order valence-electron chi connectivity index (χ0n) is 10.8. The van der Waals surface area contributed by atoms with E-state index in [4.69, 9.17) is 5.73 Å². The summed E-state index contributed by atoms with van der Waals surface area (Å²) in [5.41, 5.74) is 5.32. The fourth-order valence-electron chi connectivity index (χ4n) is 2.21. The van der Waals surface area contributed by atoms with Crippen molar-refractivity contribution in [1.82, 2.24) is 4.90 Å². The summed E-state index contributed by atoms with van der Waals surface area (Å²) in [6.07, 6.45) is 1.96. The zero-order valence-corrected chi connectivity index (χ0v) is 11.6. The highest BCUT2D eigenvalue weighted by Gasteiger charge is 2.24. The Morgan fingerprint density at radius 3 is 3.16 bits per heavy atom. The van der Waals surface area contributed by atoms with Crippen LogP contribution in [0.3, 0.4) is 0 Å². The third-order valence-electron chi connectivity index (χ3n) is 3.19. The summed E-state index contributed by atoms with van der Waals surface area (Å²) < 4.78 is 0. The molecule has 102 valence electrons. The fourth-order valence-corrected chi connectivity index (χ4v) is 3.06. The molecule has 1 aliphatic heterocycles. The largest absolute Gasteiger partial charge is 0.396 e. The summed E-state index contributed by atoms with van der Waals surface area (Å²) in [5.74, 6) is 5.98. The number of piperidine rings is 1. The molecule has 1 unspecified atom stereocenters. The van der Waals surface area contributed by atoms with E-state index in [9.17, 15) is 9.90 Å². The maximum absolute atomic E-state index is 12.3. The van der Waals surface area contributed by atoms with E-state index in [0.29, 0.717) is 18.0 Å². The van der Waals surface area contributed by atoms with Crippen molar-refractivity contribution >= 4 is 17.2 Å². The van der Waals surface area contributed by atoms with Crippen molar-refractivity contribution in [3.63, 3.8) is 0 Å². The minimum Gasteiger partial charge on any atom is -0.396 e. The van der Waals surface area contributed by atoms with Gasteiger partial charge in [0.2, 0.25) is 0 Å². The Morgan fingerprint density at radius 2 is 2.42 bits per heavy atom. The second kappa shape index (κ2) is 6.71. The average Bonchev–Trinajstić information content (AvgIpc) is 2.93. The Hall–Kier alpha value is -1.35. The van der Waals surface area contributed by atoms with Crippen LogP contribution in [-0.2, 0) is 0 Å². The summed E-state index contributed by atoms with van der Waals surface area (Å²) in [5, 5.41) is 9.20. The van der Waals surface area contributed by atoms with Crippen molar-refractivity contribution < 1.29 is 9.90 Å². The minimum atomic E-state index is 0.0453. The smallest absolute Gasteiger partial charge is 0.263 e. The van der Waals surface area contributed by atoms with Crippen molar-refractivity contribution in [2.45, 2.75) is 12.8 Å². The topological polar surface area (TPSA) is 66.6 Å². The van der Waals surface area contributed by atoms with Crippen LogP contribution in [0.2, 0.25) is 0 Å². The van der Waals surface area contributed by atoms with Gasteiger partial charge in [0, 0.05) is 19.7 Å². The first-order chi connectivity index (χ1) is 9.24. The molecule has 0 aliphatic carbocycles. The van der Waals surface area contributed by atoms with E-state index >= 15 is 0 Å². The molecule has 0 bridgehead atoms. The molecule has 1 aromatic heterocycles. The number of nitrogens with two attached hydrogens (primary N) is 1. The number of hydrogen-bond donors (Lipinski definition) is 2. The zero-order chi connectivity index (χ0) is 13.7. The summed E-state index contributed by atoms with van der Waals surface area (Å²) in [7, 11) is 0. The minimum absolute atomic E-state index is 0.0453. The lowest BCUT2D eigenvalue weighted by molar-refractivity contribution is 0.0625. The van der Waals surface area contributed by atoms with Crippen molar-refractivity contribution in [3.8, 4) is 11.8 Å². The summed E-state index contributed by atoms with van der Waals surface area (Å²) in [6.45, 7) is 1.90. The summed E-state index contributed by atoms with van der Waals surface area (Å²) >= 11 is 1.40. The van der Waals surface area contributed by atoms with Gasteiger partial charge in [-0.05, 0) is 30.9 Å². The molecule has 4 nitrogen and oxygen atoms in total. The molecule has 1 fully saturated rings. The van der Waals surface area contributed by atoms with Gasteiger partial charge in [0.15, 0.2) is 0 Å². The van der Waals surface area contributed by atoms with Crippen LogP contribution in [0.5, 0.6) is 0 Å². The number of aliphatic hydroxyl groups is 1. The van der Waals surface area contributed by atoms with Gasteiger partial charge in [-0.15, -0.1) is 11.3 Å². The molecule has 1 aromatic rings. The molecular formula is C14H18N2O2S. The highest BCUT2D eigenvalue weighted by Crippen LogP contribution is 2.22. The Kier molecular flexibility index (Phi) is 4.97. The lowest BCUT2D eigenvalue weighted by Crippen LogP contribution is -2.40. The number of rotatable bonds is 2. The van der Waals surface area contributed by atoms with Crippen molar-refractivity contribution in [1.29, 1.82) is 0 Å². The predicted octanol–water partition coefficient (Wildman–Crippen LogP) is 0.903. The lowest BCUT2D eigenvalue weighted by Gasteiger charge is -2.31. The van der Waals surface area contributed by atoms with Crippen LogP contribution < -0.4 is 5.73 Å². The predicted molar refractivity (Wildman–Crippen MR) is 76.0 cm³/mol. The Morgan fingerprint density at radius 1 is 1.58 bits per heavy atom. The van der Waals surface area contributed by atoms with Crippen LogP contribution in [0, 0.1) is 17.8 Å². The Balaban J connectivity index is 2.04. The SMILES string of the molecule is NCC#Cc1ccc(C(=O)N2CCCC(CO)C2)s1. The number of carbonyl (C=O) groups excluding carboxylic acids is 1. The molecule has 1 aliphatic rings. The van der Waals surface area contributed by atoms with Crippen molar-refractivity contribution in [3.05, 3.63) is 21.9 Å². The van der Waals surface area contributed by atoms with Crippen molar-refractivity contribution in [2.24, 2.45) is 11.7 Å². The van der Waals surface area contributed by atoms with E-state index in [2.05, 4.69) is 11.8 Å². The molecular weight excluding hydrogens is 260 g/mol. The highest BCUT2D eigenvalue weighted by atomic mass is 32.1. The van der Waals surface area contributed by atoms with Gasteiger partial charge >= 0.3 is 0 Å². The van der Waals surface area contributed by atoms with Crippen molar-refractivity contribution in [2.75, 3.05) is 26.2 Å². The third-order valence-corrected chi connectivity index (χ3v) is 4.18. The Labute approximate surface area is 117 Å². The first-order valence-electron chi connectivity index (χ1n) is 6.43. The molecule has 2 rings (SSSR count). The normalized spacial score (nSPS) is 18.8. The molecule has 0 spiro atoms. The van der Waals surface area contributed by atoms with E-state index in [1.54, 1.807) is 0 Å². The van der Waals surface area contributed by atoms with Gasteiger partial charge in [-0.25, -0.2) is 0 Å². The number of likely N-dealkylation sites (tertiary alicyclic amines) is 1. The van der Waals surface area contributed by atoms with Crippen LogP contribution in [0.15, 0.2) is 12.1 Å². The summed E-state index contributed by atoms with van der Waals surface area (Å²) in [4.78, 5) is 15.7. The molecule has 3 N–H and O–H groups in total. The molecule has 0 saturated carbocycles.